The Bertz CT molecular complexity index is 526. The summed E-state index contributed by atoms with van der Waals surface area (Å²) < 4.78 is 47.3. The predicted octanol–water partition coefficient (Wildman–Crippen LogP) is 1.15. The molecule has 0 bridgehead atoms. The lowest BCUT2D eigenvalue weighted by atomic mass is 10.2. The second-order valence-corrected chi connectivity index (χ2v) is 4.36. The Labute approximate surface area is 111 Å². The highest BCUT2D eigenvalue weighted by atomic mass is 19.4. The van der Waals surface area contributed by atoms with Crippen molar-refractivity contribution in [1.82, 2.24) is 9.78 Å². The maximum Gasteiger partial charge on any atom is 0.435 e. The summed E-state index contributed by atoms with van der Waals surface area (Å²) in [6, 6.07) is 0.749. The first kappa shape index (κ1) is 14.4. The lowest BCUT2D eigenvalue weighted by Crippen LogP contribution is -2.25. The fraction of sp³-hybridized carbons (Fsp3) is 0.545. The summed E-state index contributed by atoms with van der Waals surface area (Å²) in [4.78, 5) is 22.7. The number of hydrogen-bond donors (Lipinski definition) is 0. The molecule has 1 saturated heterocycles. The summed E-state index contributed by atoms with van der Waals surface area (Å²) in [6.07, 6.45) is -4.67. The third-order valence-corrected chi connectivity index (χ3v) is 2.62. The van der Waals surface area contributed by atoms with Crippen molar-refractivity contribution in [1.29, 1.82) is 0 Å². The predicted molar refractivity (Wildman–Crippen MR) is 57.3 cm³/mol. The van der Waals surface area contributed by atoms with Gasteiger partial charge in [0, 0.05) is 12.6 Å². The molecule has 1 aromatic rings. The monoisotopic (exact) mass is 292 g/mol. The van der Waals surface area contributed by atoms with Gasteiger partial charge in [-0.25, -0.2) is 4.79 Å². The number of nitrogens with zero attached hydrogens (tertiary/aromatic N) is 2. The Hall–Kier alpha value is -2.06. The first-order chi connectivity index (χ1) is 9.25. The fourth-order valence-electron chi connectivity index (χ4n) is 1.75. The SMILES string of the molecule is C[C@@H]1C[C@@H](OC(=O)Cn2ccc(C(F)(F)F)n2)C(=O)O1. The molecule has 0 radical (unpaired) electrons. The molecule has 0 amide bonds. The van der Waals surface area contributed by atoms with E-state index in [9.17, 15) is 22.8 Å². The van der Waals surface area contributed by atoms with Crippen LogP contribution in [0.25, 0.3) is 0 Å². The van der Waals surface area contributed by atoms with Crippen molar-refractivity contribution in [3.8, 4) is 0 Å². The molecule has 1 aromatic heterocycles. The standard InChI is InChI=1S/C11H11F3N2O4/c1-6-4-7(10(18)19-6)20-9(17)5-16-3-2-8(15-16)11(12,13)14/h2-3,6-7H,4-5H2,1H3/t6-,7-/m1/s1. The Kier molecular flexibility index (Phi) is 3.69. The molecule has 0 aromatic carbocycles. The number of aromatic nitrogens is 2. The summed E-state index contributed by atoms with van der Waals surface area (Å²) >= 11 is 0. The number of carbonyl (C=O) groups excluding carboxylic acids is 2. The Balaban J connectivity index is 1.92. The number of rotatable bonds is 3. The first-order valence-corrected chi connectivity index (χ1v) is 5.76. The maximum atomic E-state index is 12.3. The van der Waals surface area contributed by atoms with Crippen LogP contribution >= 0.6 is 0 Å². The quantitative estimate of drug-likeness (QED) is 0.782. The van der Waals surface area contributed by atoms with Gasteiger partial charge in [0.2, 0.25) is 6.10 Å². The van der Waals surface area contributed by atoms with E-state index in [1.54, 1.807) is 6.92 Å². The Morgan fingerprint density at radius 1 is 1.60 bits per heavy atom. The molecule has 2 heterocycles. The van der Waals surface area contributed by atoms with Crippen LogP contribution in [-0.2, 0) is 31.8 Å². The second kappa shape index (κ2) is 5.14. The van der Waals surface area contributed by atoms with Gasteiger partial charge in [0.05, 0.1) is 0 Å². The highest BCUT2D eigenvalue weighted by Gasteiger charge is 2.36. The molecule has 110 valence electrons. The summed E-state index contributed by atoms with van der Waals surface area (Å²) in [5.41, 5.74) is -1.10. The third kappa shape index (κ3) is 3.28. The van der Waals surface area contributed by atoms with Crippen molar-refractivity contribution in [3.63, 3.8) is 0 Å². The van der Waals surface area contributed by atoms with E-state index in [0.717, 1.165) is 16.9 Å². The van der Waals surface area contributed by atoms with Gasteiger partial charge in [0.15, 0.2) is 5.69 Å². The zero-order valence-corrected chi connectivity index (χ0v) is 10.4. The minimum absolute atomic E-state index is 0.234. The van der Waals surface area contributed by atoms with Gasteiger partial charge < -0.3 is 9.47 Å². The van der Waals surface area contributed by atoms with Crippen LogP contribution in [0.3, 0.4) is 0 Å². The van der Waals surface area contributed by atoms with E-state index in [1.807, 2.05) is 0 Å². The average molecular weight is 292 g/mol. The molecule has 6 nitrogen and oxygen atoms in total. The molecule has 0 N–H and O–H groups in total. The Morgan fingerprint density at radius 3 is 2.80 bits per heavy atom. The topological polar surface area (TPSA) is 70.4 Å². The van der Waals surface area contributed by atoms with Crippen LogP contribution in [0, 0.1) is 0 Å². The van der Waals surface area contributed by atoms with E-state index in [1.165, 1.54) is 0 Å². The molecule has 0 aliphatic carbocycles. The Morgan fingerprint density at radius 2 is 2.30 bits per heavy atom. The summed E-state index contributed by atoms with van der Waals surface area (Å²) in [7, 11) is 0. The molecule has 0 saturated carbocycles. The van der Waals surface area contributed by atoms with Crippen LogP contribution < -0.4 is 0 Å². The second-order valence-electron chi connectivity index (χ2n) is 4.36. The molecule has 0 unspecified atom stereocenters. The van der Waals surface area contributed by atoms with Crippen molar-refractivity contribution in [2.45, 2.75) is 38.3 Å². The van der Waals surface area contributed by atoms with Gasteiger partial charge >= 0.3 is 18.1 Å². The van der Waals surface area contributed by atoms with E-state index < -0.39 is 36.5 Å². The van der Waals surface area contributed by atoms with Crippen LogP contribution in [0.1, 0.15) is 19.0 Å². The van der Waals surface area contributed by atoms with Gasteiger partial charge in [-0.15, -0.1) is 0 Å². The van der Waals surface area contributed by atoms with Crippen LogP contribution in [0.2, 0.25) is 0 Å². The minimum atomic E-state index is -4.57. The molecule has 1 aliphatic rings. The van der Waals surface area contributed by atoms with E-state index in [2.05, 4.69) is 5.10 Å². The summed E-state index contributed by atoms with van der Waals surface area (Å²) in [5.74, 6) is -1.50. The number of halogens is 3. The number of ether oxygens (including phenoxy) is 2. The van der Waals surface area contributed by atoms with Crippen LogP contribution in [0.4, 0.5) is 13.2 Å². The number of carbonyl (C=O) groups is 2. The highest BCUT2D eigenvalue weighted by molar-refractivity contribution is 5.80. The molecule has 20 heavy (non-hydrogen) atoms. The third-order valence-electron chi connectivity index (χ3n) is 2.62. The number of esters is 2. The van der Waals surface area contributed by atoms with Crippen molar-refractivity contribution >= 4 is 11.9 Å². The van der Waals surface area contributed by atoms with Crippen LogP contribution in [0.5, 0.6) is 0 Å². The van der Waals surface area contributed by atoms with Gasteiger partial charge in [-0.05, 0) is 13.0 Å². The summed E-state index contributed by atoms with van der Waals surface area (Å²) in [5, 5.41) is 3.20. The highest BCUT2D eigenvalue weighted by Crippen LogP contribution is 2.27. The fourth-order valence-corrected chi connectivity index (χ4v) is 1.75. The molecule has 1 fully saturated rings. The molecule has 1 aliphatic heterocycles. The molecule has 0 spiro atoms. The maximum absolute atomic E-state index is 12.3. The summed E-state index contributed by atoms with van der Waals surface area (Å²) in [6.45, 7) is 1.14. The van der Waals surface area contributed by atoms with Gasteiger partial charge in [0.1, 0.15) is 12.6 Å². The normalized spacial score (nSPS) is 22.7. The molecule has 9 heteroatoms. The number of cyclic esters (lactones) is 1. The average Bonchev–Trinajstić information content (AvgIpc) is 2.86. The van der Waals surface area contributed by atoms with Gasteiger partial charge in [-0.3, -0.25) is 9.48 Å². The molecular weight excluding hydrogens is 281 g/mol. The molecule has 2 atom stereocenters. The minimum Gasteiger partial charge on any atom is -0.460 e. The van der Waals surface area contributed by atoms with E-state index in [-0.39, 0.29) is 12.5 Å². The van der Waals surface area contributed by atoms with Crippen molar-refractivity contribution in [2.24, 2.45) is 0 Å². The molecular formula is C11H11F3N2O4. The van der Waals surface area contributed by atoms with Crippen LogP contribution in [0.15, 0.2) is 12.3 Å². The van der Waals surface area contributed by atoms with Gasteiger partial charge in [0.25, 0.3) is 0 Å². The lowest BCUT2D eigenvalue weighted by Gasteiger charge is -2.08. The van der Waals surface area contributed by atoms with E-state index in [4.69, 9.17) is 9.47 Å². The van der Waals surface area contributed by atoms with Crippen molar-refractivity contribution < 1.29 is 32.2 Å². The smallest absolute Gasteiger partial charge is 0.435 e. The van der Waals surface area contributed by atoms with Gasteiger partial charge in [-0.2, -0.15) is 18.3 Å². The van der Waals surface area contributed by atoms with E-state index in [0.29, 0.717) is 0 Å². The largest absolute Gasteiger partial charge is 0.460 e. The first-order valence-electron chi connectivity index (χ1n) is 5.76. The molecule has 2 rings (SSSR count). The zero-order chi connectivity index (χ0) is 14.9. The van der Waals surface area contributed by atoms with Gasteiger partial charge in [-0.1, -0.05) is 0 Å². The van der Waals surface area contributed by atoms with E-state index >= 15 is 0 Å². The number of hydrogen-bond acceptors (Lipinski definition) is 5. The van der Waals surface area contributed by atoms with Crippen molar-refractivity contribution in [2.75, 3.05) is 0 Å². The number of alkyl halides is 3. The lowest BCUT2D eigenvalue weighted by molar-refractivity contribution is -0.161. The van der Waals surface area contributed by atoms with Crippen LogP contribution in [-0.4, -0.2) is 33.9 Å². The van der Waals surface area contributed by atoms with Crippen molar-refractivity contribution in [3.05, 3.63) is 18.0 Å². The zero-order valence-electron chi connectivity index (χ0n) is 10.4.